The van der Waals surface area contributed by atoms with Crippen molar-refractivity contribution in [3.8, 4) is 0 Å². The fourth-order valence-corrected chi connectivity index (χ4v) is 2.13. The molecule has 96 valence electrons. The second-order valence-electron chi connectivity index (χ2n) is 3.28. The molecule has 0 saturated heterocycles. The summed E-state index contributed by atoms with van der Waals surface area (Å²) < 4.78 is 62.9. The van der Waals surface area contributed by atoms with Gasteiger partial charge in [0, 0.05) is 18.7 Å². The lowest BCUT2D eigenvalue weighted by Crippen LogP contribution is -2.24. The van der Waals surface area contributed by atoms with Crippen molar-refractivity contribution < 1.29 is 21.6 Å². The van der Waals surface area contributed by atoms with Crippen LogP contribution in [0.1, 0.15) is 0 Å². The highest BCUT2D eigenvalue weighted by Gasteiger charge is 2.14. The van der Waals surface area contributed by atoms with Gasteiger partial charge in [-0.15, -0.1) is 0 Å². The minimum absolute atomic E-state index is 0.182. The van der Waals surface area contributed by atoms with Gasteiger partial charge >= 0.3 is 0 Å². The van der Waals surface area contributed by atoms with Gasteiger partial charge in [0.25, 0.3) is 0 Å². The number of hydrogen-bond donors (Lipinski definition) is 2. The molecule has 0 aromatic heterocycles. The first-order chi connectivity index (χ1) is 7.85. The number of halogens is 3. The minimum Gasteiger partial charge on any atom is -0.319 e. The lowest BCUT2D eigenvalue weighted by Gasteiger charge is -2.08. The number of rotatable bonds is 5. The standard InChI is InChI=1S/C9H11F3N2O2S/c1-13-2-3-17(15,16)14-6-4-7(10)9(12)8(11)5-6/h4-5,13-14H,2-3H2,1H3. The quantitative estimate of drug-likeness (QED) is 0.785. The minimum atomic E-state index is -3.71. The third-order valence-electron chi connectivity index (χ3n) is 1.88. The van der Waals surface area contributed by atoms with Gasteiger partial charge < -0.3 is 5.32 Å². The van der Waals surface area contributed by atoms with Gasteiger partial charge in [-0.25, -0.2) is 21.6 Å². The third-order valence-corrected chi connectivity index (χ3v) is 3.17. The lowest BCUT2D eigenvalue weighted by molar-refractivity contribution is 0.448. The Balaban J connectivity index is 2.89. The van der Waals surface area contributed by atoms with Gasteiger partial charge in [0.05, 0.1) is 11.4 Å². The molecule has 17 heavy (non-hydrogen) atoms. The maximum absolute atomic E-state index is 12.8. The zero-order valence-electron chi connectivity index (χ0n) is 8.93. The Morgan fingerprint density at radius 1 is 1.18 bits per heavy atom. The van der Waals surface area contributed by atoms with E-state index in [1.807, 2.05) is 4.72 Å². The van der Waals surface area contributed by atoms with E-state index < -0.39 is 27.5 Å². The van der Waals surface area contributed by atoms with Crippen molar-refractivity contribution in [3.63, 3.8) is 0 Å². The summed E-state index contributed by atoms with van der Waals surface area (Å²) in [7, 11) is -2.15. The van der Waals surface area contributed by atoms with Crippen LogP contribution in [0.4, 0.5) is 18.9 Å². The van der Waals surface area contributed by atoms with Crippen molar-refractivity contribution in [1.82, 2.24) is 5.32 Å². The highest BCUT2D eigenvalue weighted by atomic mass is 32.2. The normalized spacial score (nSPS) is 11.5. The number of sulfonamides is 1. The van der Waals surface area contributed by atoms with Crippen molar-refractivity contribution in [2.75, 3.05) is 24.1 Å². The molecule has 0 fully saturated rings. The average Bonchev–Trinajstić information content (AvgIpc) is 2.22. The second kappa shape index (κ2) is 5.37. The number of hydrogen-bond acceptors (Lipinski definition) is 3. The second-order valence-corrected chi connectivity index (χ2v) is 5.12. The van der Waals surface area contributed by atoms with Crippen molar-refractivity contribution >= 4 is 15.7 Å². The zero-order valence-corrected chi connectivity index (χ0v) is 9.74. The SMILES string of the molecule is CNCCS(=O)(=O)Nc1cc(F)c(F)c(F)c1. The number of nitrogens with one attached hydrogen (secondary N) is 2. The summed E-state index contributed by atoms with van der Waals surface area (Å²) in [6, 6.07) is 1.16. The molecule has 0 amide bonds. The van der Waals surface area contributed by atoms with Gasteiger partial charge in [-0.3, -0.25) is 4.72 Å². The first-order valence-corrected chi connectivity index (χ1v) is 6.30. The molecule has 0 aliphatic carbocycles. The lowest BCUT2D eigenvalue weighted by atomic mass is 10.3. The van der Waals surface area contributed by atoms with Gasteiger partial charge in [0.1, 0.15) is 0 Å². The Morgan fingerprint density at radius 3 is 2.18 bits per heavy atom. The van der Waals surface area contributed by atoms with Gasteiger partial charge in [-0.05, 0) is 7.05 Å². The summed E-state index contributed by atoms with van der Waals surface area (Å²) in [5.74, 6) is -4.79. The van der Waals surface area contributed by atoms with Crippen LogP contribution in [0.2, 0.25) is 0 Å². The van der Waals surface area contributed by atoms with E-state index in [-0.39, 0.29) is 18.0 Å². The maximum atomic E-state index is 12.8. The smallest absolute Gasteiger partial charge is 0.233 e. The molecule has 1 aromatic rings. The van der Waals surface area contributed by atoms with Gasteiger partial charge in [-0.2, -0.15) is 0 Å². The molecular weight excluding hydrogens is 257 g/mol. The fourth-order valence-electron chi connectivity index (χ4n) is 1.08. The third kappa shape index (κ3) is 3.90. The highest BCUT2D eigenvalue weighted by Crippen LogP contribution is 2.18. The number of anilines is 1. The summed E-state index contributed by atoms with van der Waals surface area (Å²) in [4.78, 5) is 0. The Bertz CT molecular complexity index is 482. The van der Waals surface area contributed by atoms with E-state index in [9.17, 15) is 21.6 Å². The Kier molecular flexibility index (Phi) is 4.35. The molecule has 0 unspecified atom stereocenters. The van der Waals surface area contributed by atoms with E-state index in [4.69, 9.17) is 0 Å². The van der Waals surface area contributed by atoms with E-state index in [1.165, 1.54) is 0 Å². The monoisotopic (exact) mass is 268 g/mol. The predicted octanol–water partition coefficient (Wildman–Crippen LogP) is 1.06. The molecule has 0 spiro atoms. The molecule has 8 heteroatoms. The Hall–Kier alpha value is -1.28. The molecule has 0 aliphatic rings. The zero-order chi connectivity index (χ0) is 13.1. The van der Waals surface area contributed by atoms with Crippen molar-refractivity contribution in [3.05, 3.63) is 29.6 Å². The van der Waals surface area contributed by atoms with E-state index >= 15 is 0 Å². The molecular formula is C9H11F3N2O2S. The first kappa shape index (κ1) is 13.8. The summed E-state index contributed by atoms with van der Waals surface area (Å²) in [5, 5.41) is 2.61. The molecule has 1 rings (SSSR count). The van der Waals surface area contributed by atoms with Crippen molar-refractivity contribution in [2.45, 2.75) is 0 Å². The summed E-state index contributed by atoms with van der Waals surface area (Å²) in [5.41, 5.74) is -0.350. The van der Waals surface area contributed by atoms with Crippen LogP contribution in [0.3, 0.4) is 0 Å². The Labute approximate surface area is 96.9 Å². The molecule has 0 saturated carbocycles. The van der Waals surface area contributed by atoms with Crippen molar-refractivity contribution in [1.29, 1.82) is 0 Å². The van der Waals surface area contributed by atoms with Gasteiger partial charge in [-0.1, -0.05) is 0 Å². The number of benzene rings is 1. The van der Waals surface area contributed by atoms with Gasteiger partial charge in [0.2, 0.25) is 10.0 Å². The molecule has 0 aliphatic heterocycles. The largest absolute Gasteiger partial charge is 0.319 e. The first-order valence-electron chi connectivity index (χ1n) is 4.65. The van der Waals surface area contributed by atoms with Crippen LogP contribution in [0.15, 0.2) is 12.1 Å². The van der Waals surface area contributed by atoms with Crippen LogP contribution in [0, 0.1) is 17.5 Å². The van der Waals surface area contributed by atoms with Crippen LogP contribution >= 0.6 is 0 Å². The van der Waals surface area contributed by atoms with E-state index in [0.29, 0.717) is 12.1 Å². The van der Waals surface area contributed by atoms with Crippen LogP contribution in [0.5, 0.6) is 0 Å². The van der Waals surface area contributed by atoms with E-state index in [2.05, 4.69) is 5.32 Å². The molecule has 0 heterocycles. The van der Waals surface area contributed by atoms with Crippen LogP contribution in [-0.4, -0.2) is 27.8 Å². The maximum Gasteiger partial charge on any atom is 0.233 e. The predicted molar refractivity (Wildman–Crippen MR) is 57.7 cm³/mol. The van der Waals surface area contributed by atoms with E-state index in [0.717, 1.165) is 0 Å². The molecule has 0 atom stereocenters. The molecule has 2 N–H and O–H groups in total. The molecule has 1 aromatic carbocycles. The highest BCUT2D eigenvalue weighted by molar-refractivity contribution is 7.92. The van der Waals surface area contributed by atoms with E-state index in [1.54, 1.807) is 7.05 Å². The van der Waals surface area contributed by atoms with Crippen LogP contribution in [-0.2, 0) is 10.0 Å². The van der Waals surface area contributed by atoms with Crippen LogP contribution < -0.4 is 10.0 Å². The molecule has 0 bridgehead atoms. The summed E-state index contributed by atoms with van der Waals surface area (Å²) >= 11 is 0. The average molecular weight is 268 g/mol. The van der Waals surface area contributed by atoms with Crippen molar-refractivity contribution in [2.24, 2.45) is 0 Å². The summed E-state index contributed by atoms with van der Waals surface area (Å²) in [6.07, 6.45) is 0. The molecule has 4 nitrogen and oxygen atoms in total. The van der Waals surface area contributed by atoms with Gasteiger partial charge in [0.15, 0.2) is 17.5 Å². The summed E-state index contributed by atoms with van der Waals surface area (Å²) in [6.45, 7) is 0.182. The Morgan fingerprint density at radius 2 is 1.71 bits per heavy atom. The topological polar surface area (TPSA) is 58.2 Å². The fraction of sp³-hybridized carbons (Fsp3) is 0.333. The molecule has 0 radical (unpaired) electrons. The van der Waals surface area contributed by atoms with Crippen LogP contribution in [0.25, 0.3) is 0 Å².